The molecule has 20 heavy (non-hydrogen) atoms. The van der Waals surface area contributed by atoms with E-state index in [9.17, 15) is 14.7 Å². The normalized spacial score (nSPS) is 28.3. The van der Waals surface area contributed by atoms with Crippen molar-refractivity contribution in [1.29, 1.82) is 0 Å². The van der Waals surface area contributed by atoms with Gasteiger partial charge in [-0.2, -0.15) is 0 Å². The van der Waals surface area contributed by atoms with Gasteiger partial charge < -0.3 is 15.7 Å². The number of carboxylic acid groups (broad SMARTS) is 1. The van der Waals surface area contributed by atoms with Gasteiger partial charge in [0.05, 0.1) is 17.9 Å². The molecule has 0 spiro atoms. The zero-order valence-electron chi connectivity index (χ0n) is 12.0. The molecule has 1 fully saturated rings. The van der Waals surface area contributed by atoms with E-state index in [0.29, 0.717) is 6.42 Å². The highest BCUT2D eigenvalue weighted by atomic mass is 16.4. The van der Waals surface area contributed by atoms with Gasteiger partial charge in [0.2, 0.25) is 5.91 Å². The van der Waals surface area contributed by atoms with Crippen LogP contribution in [0.4, 0.5) is 0 Å². The molecule has 0 saturated heterocycles. The van der Waals surface area contributed by atoms with E-state index >= 15 is 0 Å². The van der Waals surface area contributed by atoms with Gasteiger partial charge >= 0.3 is 5.97 Å². The molecule has 0 heterocycles. The van der Waals surface area contributed by atoms with Gasteiger partial charge in [-0.15, -0.1) is 0 Å². The summed E-state index contributed by atoms with van der Waals surface area (Å²) in [5.74, 6) is -1.01. The maximum Gasteiger partial charge on any atom is 0.305 e. The number of hydrogen-bond donors (Lipinski definition) is 2. The fourth-order valence-electron chi connectivity index (χ4n) is 3.51. The predicted octanol–water partition coefficient (Wildman–Crippen LogP) is 1.53. The van der Waals surface area contributed by atoms with Crippen molar-refractivity contribution in [2.45, 2.75) is 56.5 Å². The molecule has 2 aliphatic rings. The number of amides is 1. The average molecular weight is 280 g/mol. The number of nitrogens with zero attached hydrogens (tertiary/aromatic N) is 1. The summed E-state index contributed by atoms with van der Waals surface area (Å²) in [5, 5.41) is 9.20. The molecule has 5 heteroatoms. The van der Waals surface area contributed by atoms with Crippen LogP contribution in [0.25, 0.3) is 0 Å². The first-order chi connectivity index (χ1) is 9.44. The van der Waals surface area contributed by atoms with Crippen LogP contribution in [0.3, 0.4) is 0 Å². The number of nitrogens with two attached hydrogens (primary N) is 1. The van der Waals surface area contributed by atoms with E-state index in [1.165, 1.54) is 0 Å². The Labute approximate surface area is 119 Å². The molecule has 0 aromatic carbocycles. The van der Waals surface area contributed by atoms with Crippen LogP contribution < -0.4 is 5.73 Å². The van der Waals surface area contributed by atoms with Gasteiger partial charge in [-0.05, 0) is 19.3 Å². The second-order valence-corrected chi connectivity index (χ2v) is 6.14. The van der Waals surface area contributed by atoms with Crippen molar-refractivity contribution in [1.82, 2.24) is 4.90 Å². The summed E-state index contributed by atoms with van der Waals surface area (Å²) in [7, 11) is 1.76. The minimum Gasteiger partial charge on any atom is -0.481 e. The quantitative estimate of drug-likeness (QED) is 0.765. The van der Waals surface area contributed by atoms with Crippen LogP contribution in [0.5, 0.6) is 0 Å². The van der Waals surface area contributed by atoms with Gasteiger partial charge in [-0.25, -0.2) is 0 Å². The molecule has 2 unspecified atom stereocenters. The molecular weight excluding hydrogens is 256 g/mol. The van der Waals surface area contributed by atoms with Crippen molar-refractivity contribution < 1.29 is 14.7 Å². The number of aliphatic carboxylic acids is 1. The first-order valence-electron chi connectivity index (χ1n) is 7.38. The Bertz CT molecular complexity index is 413. The second kappa shape index (κ2) is 5.95. The van der Waals surface area contributed by atoms with Crippen LogP contribution in [-0.2, 0) is 9.59 Å². The Hall–Kier alpha value is -1.36. The lowest BCUT2D eigenvalue weighted by atomic mass is 9.77. The van der Waals surface area contributed by atoms with Crippen molar-refractivity contribution in [3.05, 3.63) is 12.2 Å². The molecule has 3 N–H and O–H groups in total. The van der Waals surface area contributed by atoms with E-state index in [2.05, 4.69) is 0 Å². The lowest BCUT2D eigenvalue weighted by Crippen LogP contribution is -2.53. The molecule has 1 amide bonds. The Morgan fingerprint density at radius 1 is 1.30 bits per heavy atom. The largest absolute Gasteiger partial charge is 0.481 e. The molecule has 0 aromatic heterocycles. The number of carbonyl (C=O) groups excluding carboxylic acids is 1. The van der Waals surface area contributed by atoms with Crippen LogP contribution in [0, 0.1) is 5.92 Å². The number of hydrogen-bond acceptors (Lipinski definition) is 3. The monoisotopic (exact) mass is 280 g/mol. The third kappa shape index (κ3) is 3.03. The fourth-order valence-corrected chi connectivity index (χ4v) is 3.51. The van der Waals surface area contributed by atoms with Crippen molar-refractivity contribution >= 4 is 11.9 Å². The van der Waals surface area contributed by atoms with Crippen molar-refractivity contribution in [3.8, 4) is 0 Å². The maximum absolute atomic E-state index is 12.6. The summed E-state index contributed by atoms with van der Waals surface area (Å²) < 4.78 is 0. The molecule has 5 nitrogen and oxygen atoms in total. The Morgan fingerprint density at radius 2 is 1.95 bits per heavy atom. The van der Waals surface area contributed by atoms with E-state index < -0.39 is 11.5 Å². The molecule has 1 saturated carbocycles. The predicted molar refractivity (Wildman–Crippen MR) is 76.1 cm³/mol. The number of carbonyl (C=O) groups is 2. The number of rotatable bonds is 4. The topological polar surface area (TPSA) is 83.6 Å². The zero-order valence-corrected chi connectivity index (χ0v) is 12.0. The lowest BCUT2D eigenvalue weighted by molar-refractivity contribution is -0.147. The third-order valence-corrected chi connectivity index (χ3v) is 4.74. The third-order valence-electron chi connectivity index (χ3n) is 4.74. The smallest absolute Gasteiger partial charge is 0.305 e. The van der Waals surface area contributed by atoms with Crippen LogP contribution in [-0.4, -0.2) is 40.5 Å². The zero-order chi connectivity index (χ0) is 14.8. The molecular formula is C15H24N2O3. The van der Waals surface area contributed by atoms with Crippen LogP contribution >= 0.6 is 0 Å². The standard InChI is InChI=1S/C15H24N2O3/c1-17(14(20)11-5-6-12(16)9-11)15(10-13(18)19)7-3-2-4-8-15/h5-6,11-12H,2-4,7-10,16H2,1H3,(H,18,19). The Morgan fingerprint density at radius 3 is 2.45 bits per heavy atom. The summed E-state index contributed by atoms with van der Waals surface area (Å²) in [5.41, 5.74) is 5.29. The summed E-state index contributed by atoms with van der Waals surface area (Å²) in [6.07, 6.45) is 9.06. The van der Waals surface area contributed by atoms with Crippen LogP contribution in [0.15, 0.2) is 12.2 Å². The minimum atomic E-state index is -0.829. The second-order valence-electron chi connectivity index (χ2n) is 6.14. The molecule has 2 aliphatic carbocycles. The first-order valence-corrected chi connectivity index (χ1v) is 7.38. The highest BCUT2D eigenvalue weighted by Crippen LogP contribution is 2.37. The lowest BCUT2D eigenvalue weighted by Gasteiger charge is -2.44. The highest BCUT2D eigenvalue weighted by Gasteiger charge is 2.42. The van der Waals surface area contributed by atoms with E-state index in [4.69, 9.17) is 5.73 Å². The van der Waals surface area contributed by atoms with Crippen LogP contribution in [0.2, 0.25) is 0 Å². The summed E-state index contributed by atoms with van der Waals surface area (Å²) in [4.78, 5) is 25.5. The van der Waals surface area contributed by atoms with E-state index in [-0.39, 0.29) is 24.3 Å². The average Bonchev–Trinajstić information content (AvgIpc) is 2.84. The first kappa shape index (κ1) is 15.0. The molecule has 112 valence electrons. The van der Waals surface area contributed by atoms with Crippen molar-refractivity contribution in [2.24, 2.45) is 11.7 Å². The van der Waals surface area contributed by atoms with Gasteiger partial charge in [0.1, 0.15) is 0 Å². The minimum absolute atomic E-state index is 0.0114. The molecule has 0 aromatic rings. The van der Waals surface area contributed by atoms with Crippen molar-refractivity contribution in [2.75, 3.05) is 7.05 Å². The number of carboxylic acids is 1. The van der Waals surface area contributed by atoms with Gasteiger partial charge in [0.15, 0.2) is 0 Å². The van der Waals surface area contributed by atoms with E-state index in [0.717, 1.165) is 32.1 Å². The van der Waals surface area contributed by atoms with Crippen molar-refractivity contribution in [3.63, 3.8) is 0 Å². The molecule has 0 bridgehead atoms. The molecule has 0 radical (unpaired) electrons. The van der Waals surface area contributed by atoms with E-state index in [1.54, 1.807) is 11.9 Å². The SMILES string of the molecule is CN(C(=O)C1C=CC(N)C1)C1(CC(=O)O)CCCCC1. The van der Waals surface area contributed by atoms with E-state index in [1.807, 2.05) is 12.2 Å². The Balaban J connectivity index is 2.13. The van der Waals surface area contributed by atoms with Gasteiger partial charge in [0, 0.05) is 13.1 Å². The van der Waals surface area contributed by atoms with Gasteiger partial charge in [0.25, 0.3) is 0 Å². The molecule has 0 aliphatic heterocycles. The molecule has 2 rings (SSSR count). The van der Waals surface area contributed by atoms with Gasteiger partial charge in [-0.3, -0.25) is 9.59 Å². The Kier molecular flexibility index (Phi) is 4.48. The summed E-state index contributed by atoms with van der Waals surface area (Å²) in [6.45, 7) is 0. The van der Waals surface area contributed by atoms with Crippen LogP contribution in [0.1, 0.15) is 44.9 Å². The molecule has 2 atom stereocenters. The maximum atomic E-state index is 12.6. The summed E-state index contributed by atoms with van der Waals surface area (Å²) in [6, 6.07) is -0.0564. The highest BCUT2D eigenvalue weighted by molar-refractivity contribution is 5.82. The fraction of sp³-hybridized carbons (Fsp3) is 0.733. The van der Waals surface area contributed by atoms with Gasteiger partial charge in [-0.1, -0.05) is 31.4 Å². The summed E-state index contributed by atoms with van der Waals surface area (Å²) >= 11 is 0.